The van der Waals surface area contributed by atoms with Crippen LogP contribution in [0.2, 0.25) is 0 Å². The van der Waals surface area contributed by atoms with Crippen molar-refractivity contribution in [3.63, 3.8) is 0 Å². The second-order valence-corrected chi connectivity index (χ2v) is 4.98. The Balaban J connectivity index is 2.20. The summed E-state index contributed by atoms with van der Waals surface area (Å²) < 4.78 is 13.1. The van der Waals surface area contributed by atoms with Gasteiger partial charge in [-0.25, -0.2) is 9.37 Å². The smallest absolute Gasteiger partial charge is 0.142 e. The molecule has 2 aromatic carbocycles. The fourth-order valence-electron chi connectivity index (χ4n) is 2.32. The number of nitrogen functional groups attached to an aromatic ring is 1. The van der Waals surface area contributed by atoms with Crippen molar-refractivity contribution < 1.29 is 9.50 Å². The lowest BCUT2D eigenvalue weighted by Gasteiger charge is -2.10. The van der Waals surface area contributed by atoms with Crippen molar-refractivity contribution in [1.82, 2.24) is 4.98 Å². The van der Waals surface area contributed by atoms with Gasteiger partial charge in [0.2, 0.25) is 0 Å². The van der Waals surface area contributed by atoms with Gasteiger partial charge in [-0.1, -0.05) is 12.1 Å². The molecule has 0 aliphatic rings. The Labute approximate surface area is 132 Å². The number of phenolic OH excluding ortho intramolecular Hbond substituents is 1. The van der Waals surface area contributed by atoms with E-state index in [-0.39, 0.29) is 22.9 Å². The third-order valence-corrected chi connectivity index (χ3v) is 3.48. The Morgan fingerprint density at radius 3 is 2.22 bits per heavy atom. The summed E-state index contributed by atoms with van der Waals surface area (Å²) in [6.07, 6.45) is 0. The van der Waals surface area contributed by atoms with E-state index in [1.165, 1.54) is 12.1 Å². The molecule has 0 saturated heterocycles. The van der Waals surface area contributed by atoms with E-state index >= 15 is 0 Å². The number of anilines is 1. The van der Waals surface area contributed by atoms with Crippen LogP contribution in [-0.4, -0.2) is 10.1 Å². The van der Waals surface area contributed by atoms with E-state index in [9.17, 15) is 14.8 Å². The van der Waals surface area contributed by atoms with Gasteiger partial charge < -0.3 is 10.8 Å². The quantitative estimate of drug-likeness (QED) is 0.756. The van der Waals surface area contributed by atoms with Crippen LogP contribution >= 0.6 is 0 Å². The van der Waals surface area contributed by atoms with Crippen LogP contribution in [0.4, 0.5) is 10.2 Å². The van der Waals surface area contributed by atoms with Crippen LogP contribution in [0, 0.1) is 17.1 Å². The average Bonchev–Trinajstić information content (AvgIpc) is 2.55. The largest absolute Gasteiger partial charge is 0.508 e. The summed E-state index contributed by atoms with van der Waals surface area (Å²) in [5.41, 5.74) is 8.75. The van der Waals surface area contributed by atoms with Crippen molar-refractivity contribution in [2.45, 2.75) is 0 Å². The molecule has 5 heteroatoms. The normalized spacial score (nSPS) is 10.3. The Morgan fingerprint density at radius 1 is 1.00 bits per heavy atom. The summed E-state index contributed by atoms with van der Waals surface area (Å²) in [6.45, 7) is 0. The number of hydrogen-bond donors (Lipinski definition) is 2. The number of benzene rings is 2. The Bertz CT molecular complexity index is 897. The van der Waals surface area contributed by atoms with Gasteiger partial charge in [-0.15, -0.1) is 0 Å². The van der Waals surface area contributed by atoms with Gasteiger partial charge in [-0.05, 0) is 48.0 Å². The van der Waals surface area contributed by atoms with Crippen LogP contribution in [0.3, 0.4) is 0 Å². The average molecular weight is 305 g/mol. The zero-order valence-electron chi connectivity index (χ0n) is 12.0. The lowest BCUT2D eigenvalue weighted by atomic mass is 9.98. The molecular weight excluding hydrogens is 293 g/mol. The van der Waals surface area contributed by atoms with E-state index in [1.54, 1.807) is 42.5 Å². The minimum absolute atomic E-state index is 0.109. The van der Waals surface area contributed by atoms with Crippen LogP contribution in [0.15, 0.2) is 54.6 Å². The van der Waals surface area contributed by atoms with Crippen molar-refractivity contribution in [2.75, 3.05) is 5.73 Å². The van der Waals surface area contributed by atoms with Crippen molar-refractivity contribution in [3.05, 3.63) is 66.0 Å². The Hall–Kier alpha value is -3.39. The van der Waals surface area contributed by atoms with Crippen LogP contribution < -0.4 is 5.73 Å². The predicted octanol–water partition coefficient (Wildman–Crippen LogP) is 3.71. The van der Waals surface area contributed by atoms with Crippen LogP contribution in [0.25, 0.3) is 22.4 Å². The number of nitriles is 1. The third kappa shape index (κ3) is 2.83. The first-order valence-electron chi connectivity index (χ1n) is 6.84. The molecule has 1 aromatic heterocycles. The number of hydrogen-bond acceptors (Lipinski definition) is 4. The van der Waals surface area contributed by atoms with Crippen LogP contribution in [-0.2, 0) is 0 Å². The maximum absolute atomic E-state index is 13.1. The Morgan fingerprint density at radius 2 is 1.61 bits per heavy atom. The SMILES string of the molecule is N#Cc1c(-c2ccc(F)cc2)cc(-c2ccc(O)cc2)nc1N. The highest BCUT2D eigenvalue weighted by atomic mass is 19.1. The van der Waals surface area contributed by atoms with Gasteiger partial charge in [0.1, 0.15) is 29.0 Å². The number of nitrogens with zero attached hydrogens (tertiary/aromatic N) is 2. The highest BCUT2D eigenvalue weighted by molar-refractivity contribution is 5.80. The molecule has 0 saturated carbocycles. The standard InChI is InChI=1S/C18H12FN3O/c19-13-5-1-11(2-6-13)15-9-17(22-18(21)16(15)10-20)12-3-7-14(23)8-4-12/h1-9,23H,(H2,21,22). The zero-order chi connectivity index (χ0) is 16.4. The number of aromatic hydroxyl groups is 1. The number of phenols is 1. The van der Waals surface area contributed by atoms with Gasteiger partial charge in [0, 0.05) is 11.1 Å². The Kier molecular flexibility index (Phi) is 3.65. The van der Waals surface area contributed by atoms with Gasteiger partial charge >= 0.3 is 0 Å². The fraction of sp³-hybridized carbons (Fsp3) is 0. The van der Waals surface area contributed by atoms with Gasteiger partial charge in [0.15, 0.2) is 0 Å². The second-order valence-electron chi connectivity index (χ2n) is 4.98. The molecule has 0 atom stereocenters. The minimum atomic E-state index is -0.354. The summed E-state index contributed by atoms with van der Waals surface area (Å²) in [7, 11) is 0. The fourth-order valence-corrected chi connectivity index (χ4v) is 2.32. The highest BCUT2D eigenvalue weighted by Crippen LogP contribution is 2.31. The molecule has 23 heavy (non-hydrogen) atoms. The van der Waals surface area contributed by atoms with Crippen molar-refractivity contribution in [3.8, 4) is 34.2 Å². The topological polar surface area (TPSA) is 82.9 Å². The molecule has 0 radical (unpaired) electrons. The number of halogens is 1. The molecule has 3 N–H and O–H groups in total. The van der Waals surface area contributed by atoms with Gasteiger partial charge in [0.05, 0.1) is 5.69 Å². The zero-order valence-corrected chi connectivity index (χ0v) is 12.0. The summed E-state index contributed by atoms with van der Waals surface area (Å²) >= 11 is 0. The third-order valence-electron chi connectivity index (χ3n) is 3.48. The summed E-state index contributed by atoms with van der Waals surface area (Å²) in [4.78, 5) is 4.25. The molecule has 0 spiro atoms. The molecule has 1 heterocycles. The van der Waals surface area contributed by atoms with Crippen molar-refractivity contribution >= 4 is 5.82 Å². The van der Waals surface area contributed by atoms with Crippen LogP contribution in [0.1, 0.15) is 5.56 Å². The molecule has 3 rings (SSSR count). The van der Waals surface area contributed by atoms with E-state index in [0.717, 1.165) is 5.56 Å². The lowest BCUT2D eigenvalue weighted by molar-refractivity contribution is 0.475. The van der Waals surface area contributed by atoms with E-state index in [4.69, 9.17) is 5.73 Å². The van der Waals surface area contributed by atoms with E-state index in [0.29, 0.717) is 16.8 Å². The van der Waals surface area contributed by atoms with E-state index < -0.39 is 0 Å². The maximum atomic E-state index is 13.1. The summed E-state index contributed by atoms with van der Waals surface area (Å²) in [5, 5.41) is 18.7. The van der Waals surface area contributed by atoms with Crippen LogP contribution in [0.5, 0.6) is 5.75 Å². The number of rotatable bonds is 2. The molecule has 0 unspecified atom stereocenters. The maximum Gasteiger partial charge on any atom is 0.142 e. The second kappa shape index (κ2) is 5.78. The van der Waals surface area contributed by atoms with Crippen molar-refractivity contribution in [2.24, 2.45) is 0 Å². The number of aromatic nitrogens is 1. The molecular formula is C18H12FN3O. The van der Waals surface area contributed by atoms with E-state index in [1.807, 2.05) is 6.07 Å². The number of nitrogens with two attached hydrogens (primary N) is 1. The molecule has 0 fully saturated rings. The molecule has 0 amide bonds. The highest BCUT2D eigenvalue weighted by Gasteiger charge is 2.13. The monoisotopic (exact) mass is 305 g/mol. The summed E-state index contributed by atoms with van der Waals surface area (Å²) in [6, 6.07) is 16.1. The molecule has 0 aliphatic heterocycles. The lowest BCUT2D eigenvalue weighted by Crippen LogP contribution is -1.99. The molecule has 3 aromatic rings. The van der Waals surface area contributed by atoms with Gasteiger partial charge in [-0.3, -0.25) is 0 Å². The van der Waals surface area contributed by atoms with Gasteiger partial charge in [-0.2, -0.15) is 5.26 Å². The first-order valence-corrected chi connectivity index (χ1v) is 6.84. The molecule has 0 aliphatic carbocycles. The van der Waals surface area contributed by atoms with Crippen molar-refractivity contribution in [1.29, 1.82) is 5.26 Å². The number of pyridine rings is 1. The minimum Gasteiger partial charge on any atom is -0.508 e. The molecule has 4 nitrogen and oxygen atoms in total. The first kappa shape index (κ1) is 14.5. The summed E-state index contributed by atoms with van der Waals surface area (Å²) in [5.74, 6) is -0.0976. The van der Waals surface area contributed by atoms with Gasteiger partial charge in [0.25, 0.3) is 0 Å². The predicted molar refractivity (Wildman–Crippen MR) is 85.9 cm³/mol. The van der Waals surface area contributed by atoms with E-state index in [2.05, 4.69) is 4.98 Å². The molecule has 0 bridgehead atoms. The first-order chi connectivity index (χ1) is 11.1. The molecule has 112 valence electrons.